The van der Waals surface area contributed by atoms with Crippen LogP contribution in [0.15, 0.2) is 36.7 Å². The molecule has 0 unspecified atom stereocenters. The monoisotopic (exact) mass is 238 g/mol. The van der Waals surface area contributed by atoms with Crippen LogP contribution in [-0.2, 0) is 6.54 Å². The van der Waals surface area contributed by atoms with E-state index in [9.17, 15) is 13.2 Å². The summed E-state index contributed by atoms with van der Waals surface area (Å²) < 4.78 is 39.0. The quantitative estimate of drug-likeness (QED) is 0.888. The van der Waals surface area contributed by atoms with Gasteiger partial charge in [-0.15, -0.1) is 0 Å². The minimum Gasteiger partial charge on any atom is -0.378 e. The van der Waals surface area contributed by atoms with Crippen molar-refractivity contribution in [1.29, 1.82) is 0 Å². The Labute approximate surface area is 96.1 Å². The zero-order valence-corrected chi connectivity index (χ0v) is 8.75. The number of nitrogens with zero attached hydrogens (tertiary/aromatic N) is 1. The maximum atomic E-state index is 13.3. The van der Waals surface area contributed by atoms with E-state index >= 15 is 0 Å². The van der Waals surface area contributed by atoms with Gasteiger partial charge < -0.3 is 5.32 Å². The number of nitrogens with one attached hydrogen (secondary N) is 1. The average molecular weight is 238 g/mol. The molecule has 5 heteroatoms. The van der Waals surface area contributed by atoms with E-state index in [1.807, 2.05) is 0 Å². The van der Waals surface area contributed by atoms with Crippen LogP contribution in [0.2, 0.25) is 0 Å². The highest BCUT2D eigenvalue weighted by Crippen LogP contribution is 2.17. The Kier molecular flexibility index (Phi) is 3.27. The van der Waals surface area contributed by atoms with Gasteiger partial charge in [-0.2, -0.15) is 0 Å². The van der Waals surface area contributed by atoms with Gasteiger partial charge in [-0.25, -0.2) is 13.2 Å². The number of hydrogen-bond donors (Lipinski definition) is 1. The van der Waals surface area contributed by atoms with Gasteiger partial charge in [-0.1, -0.05) is 6.07 Å². The SMILES string of the molecule is Fc1cncc(CNc2cccc(F)c2F)c1. The number of aromatic nitrogens is 1. The summed E-state index contributed by atoms with van der Waals surface area (Å²) in [4.78, 5) is 3.65. The van der Waals surface area contributed by atoms with Crippen molar-refractivity contribution in [3.63, 3.8) is 0 Å². The molecule has 1 aromatic heterocycles. The third-order valence-electron chi connectivity index (χ3n) is 2.20. The molecule has 1 aromatic carbocycles. The van der Waals surface area contributed by atoms with Gasteiger partial charge in [0.15, 0.2) is 11.6 Å². The zero-order valence-electron chi connectivity index (χ0n) is 8.75. The van der Waals surface area contributed by atoms with Gasteiger partial charge >= 0.3 is 0 Å². The van der Waals surface area contributed by atoms with Crippen LogP contribution in [0.5, 0.6) is 0 Å². The van der Waals surface area contributed by atoms with Gasteiger partial charge in [0.1, 0.15) is 5.82 Å². The Hall–Kier alpha value is -2.04. The van der Waals surface area contributed by atoms with E-state index in [4.69, 9.17) is 0 Å². The molecule has 1 N–H and O–H groups in total. The van der Waals surface area contributed by atoms with Crippen LogP contribution in [0.3, 0.4) is 0 Å². The maximum absolute atomic E-state index is 13.3. The number of anilines is 1. The van der Waals surface area contributed by atoms with Gasteiger partial charge in [0.25, 0.3) is 0 Å². The van der Waals surface area contributed by atoms with E-state index in [-0.39, 0.29) is 12.2 Å². The van der Waals surface area contributed by atoms with Gasteiger partial charge in [0.05, 0.1) is 11.9 Å². The van der Waals surface area contributed by atoms with Gasteiger partial charge in [-0.3, -0.25) is 4.98 Å². The zero-order chi connectivity index (χ0) is 12.3. The fourth-order valence-electron chi connectivity index (χ4n) is 1.39. The summed E-state index contributed by atoms with van der Waals surface area (Å²) in [5.74, 6) is -2.34. The van der Waals surface area contributed by atoms with Crippen LogP contribution in [0.1, 0.15) is 5.56 Å². The molecule has 1 heterocycles. The summed E-state index contributed by atoms with van der Waals surface area (Å²) in [5.41, 5.74) is 0.586. The lowest BCUT2D eigenvalue weighted by Crippen LogP contribution is -2.03. The first-order chi connectivity index (χ1) is 8.16. The minimum absolute atomic E-state index is 0.0364. The van der Waals surface area contributed by atoms with Gasteiger partial charge in [-0.05, 0) is 23.8 Å². The summed E-state index contributed by atoms with van der Waals surface area (Å²) in [6.45, 7) is 0.172. The normalized spacial score (nSPS) is 10.3. The summed E-state index contributed by atoms with van der Waals surface area (Å²) in [5, 5.41) is 2.68. The summed E-state index contributed by atoms with van der Waals surface area (Å²) in [6, 6.07) is 5.11. The van der Waals surface area contributed by atoms with E-state index < -0.39 is 17.5 Å². The number of pyridine rings is 1. The highest BCUT2D eigenvalue weighted by molar-refractivity contribution is 5.45. The minimum atomic E-state index is -0.947. The molecule has 0 spiro atoms. The first-order valence-electron chi connectivity index (χ1n) is 4.94. The van der Waals surface area contributed by atoms with Crippen LogP contribution in [-0.4, -0.2) is 4.98 Å². The second kappa shape index (κ2) is 4.86. The number of hydrogen-bond acceptors (Lipinski definition) is 2. The highest BCUT2D eigenvalue weighted by Gasteiger charge is 2.06. The molecule has 0 bridgehead atoms. The molecule has 0 aliphatic heterocycles. The second-order valence-corrected chi connectivity index (χ2v) is 3.47. The molecule has 0 atom stereocenters. The molecule has 0 aliphatic rings. The molecule has 0 fully saturated rings. The van der Waals surface area contributed by atoms with Crippen molar-refractivity contribution < 1.29 is 13.2 Å². The smallest absolute Gasteiger partial charge is 0.181 e. The van der Waals surface area contributed by atoms with E-state index in [2.05, 4.69) is 10.3 Å². The van der Waals surface area contributed by atoms with Gasteiger partial charge in [0, 0.05) is 12.7 Å². The van der Waals surface area contributed by atoms with Crippen molar-refractivity contribution in [3.05, 3.63) is 59.7 Å². The van der Waals surface area contributed by atoms with Crippen molar-refractivity contribution in [1.82, 2.24) is 4.98 Å². The fraction of sp³-hybridized carbons (Fsp3) is 0.0833. The van der Waals surface area contributed by atoms with E-state index in [1.54, 1.807) is 0 Å². The third-order valence-corrected chi connectivity index (χ3v) is 2.20. The second-order valence-electron chi connectivity index (χ2n) is 3.47. The Bertz CT molecular complexity index is 529. The van der Waals surface area contributed by atoms with Crippen LogP contribution < -0.4 is 5.32 Å². The van der Waals surface area contributed by atoms with Crippen LogP contribution in [0.25, 0.3) is 0 Å². The van der Waals surface area contributed by atoms with Crippen LogP contribution >= 0.6 is 0 Å². The third kappa shape index (κ3) is 2.75. The maximum Gasteiger partial charge on any atom is 0.181 e. The van der Waals surface area contributed by atoms with Crippen molar-refractivity contribution in [2.24, 2.45) is 0 Å². The molecule has 88 valence electrons. The molecule has 0 saturated carbocycles. The molecular formula is C12H9F3N2. The summed E-state index contributed by atoms with van der Waals surface area (Å²) in [7, 11) is 0. The number of rotatable bonds is 3. The molecule has 0 aliphatic carbocycles. The fourth-order valence-corrected chi connectivity index (χ4v) is 1.39. The molecule has 0 saturated heterocycles. The molecule has 0 radical (unpaired) electrons. The van der Waals surface area contributed by atoms with Crippen LogP contribution in [0, 0.1) is 17.5 Å². The van der Waals surface area contributed by atoms with E-state index in [0.29, 0.717) is 5.56 Å². The molecule has 2 nitrogen and oxygen atoms in total. The first kappa shape index (κ1) is 11.4. The topological polar surface area (TPSA) is 24.9 Å². The summed E-state index contributed by atoms with van der Waals surface area (Å²) in [6.07, 6.45) is 2.53. The lowest BCUT2D eigenvalue weighted by atomic mass is 10.2. The molecule has 2 aromatic rings. The van der Waals surface area contributed by atoms with Crippen molar-refractivity contribution in [2.75, 3.05) is 5.32 Å². The predicted molar refractivity (Wildman–Crippen MR) is 57.9 cm³/mol. The Morgan fingerprint density at radius 1 is 1.12 bits per heavy atom. The number of halogens is 3. The van der Waals surface area contributed by atoms with Crippen LogP contribution in [0.4, 0.5) is 18.9 Å². The average Bonchev–Trinajstić information content (AvgIpc) is 2.31. The highest BCUT2D eigenvalue weighted by atomic mass is 19.2. The van der Waals surface area contributed by atoms with Crippen molar-refractivity contribution in [3.8, 4) is 0 Å². The standard InChI is InChI=1S/C12H9F3N2/c13-9-4-8(5-16-7-9)6-17-11-3-1-2-10(14)12(11)15/h1-5,7,17H,6H2. The Morgan fingerprint density at radius 3 is 2.71 bits per heavy atom. The lowest BCUT2D eigenvalue weighted by molar-refractivity contribution is 0.511. The van der Waals surface area contributed by atoms with E-state index in [0.717, 1.165) is 12.3 Å². The predicted octanol–water partition coefficient (Wildman–Crippen LogP) is 3.11. The number of benzene rings is 1. The molecule has 17 heavy (non-hydrogen) atoms. The molecule has 2 rings (SSSR count). The Balaban J connectivity index is 2.10. The van der Waals surface area contributed by atoms with Crippen molar-refractivity contribution >= 4 is 5.69 Å². The lowest BCUT2D eigenvalue weighted by Gasteiger charge is -2.07. The van der Waals surface area contributed by atoms with Crippen molar-refractivity contribution in [2.45, 2.75) is 6.54 Å². The largest absolute Gasteiger partial charge is 0.378 e. The molecular weight excluding hydrogens is 229 g/mol. The molecule has 0 amide bonds. The van der Waals surface area contributed by atoms with Gasteiger partial charge in [0.2, 0.25) is 0 Å². The Morgan fingerprint density at radius 2 is 1.94 bits per heavy atom. The van der Waals surface area contributed by atoms with E-state index in [1.165, 1.54) is 24.4 Å². The first-order valence-corrected chi connectivity index (χ1v) is 4.94. The summed E-state index contributed by atoms with van der Waals surface area (Å²) >= 11 is 0.